The smallest absolute Gasteiger partial charge is 0.352 e. The van der Waals surface area contributed by atoms with Crippen molar-refractivity contribution in [2.45, 2.75) is 44.7 Å². The Bertz CT molecular complexity index is 577. The number of nitrogens with zero attached hydrogens (tertiary/aromatic N) is 2. The molecule has 0 fully saturated rings. The van der Waals surface area contributed by atoms with Gasteiger partial charge in [0.2, 0.25) is 0 Å². The largest absolute Gasteiger partial charge is 0.399 e. The molecule has 1 aromatic rings. The second kappa shape index (κ2) is 6.26. The van der Waals surface area contributed by atoms with Gasteiger partial charge < -0.3 is 10.6 Å². The van der Waals surface area contributed by atoms with E-state index in [1.165, 1.54) is 6.26 Å². The molecule has 0 saturated carbocycles. The lowest BCUT2D eigenvalue weighted by Gasteiger charge is -2.28. The van der Waals surface area contributed by atoms with E-state index in [9.17, 15) is 9.00 Å². The van der Waals surface area contributed by atoms with E-state index in [2.05, 4.69) is 4.36 Å². The van der Waals surface area contributed by atoms with Gasteiger partial charge in [-0.05, 0) is 52.0 Å². The molecule has 0 bridgehead atoms. The summed E-state index contributed by atoms with van der Waals surface area (Å²) in [6, 6.07) is 6.16. The second-order valence-electron chi connectivity index (χ2n) is 5.34. The highest BCUT2D eigenvalue weighted by Crippen LogP contribution is 2.16. The molecule has 2 amide bonds. The van der Waals surface area contributed by atoms with E-state index in [-0.39, 0.29) is 12.1 Å². The van der Waals surface area contributed by atoms with Crippen LogP contribution in [0.4, 0.5) is 10.5 Å². The molecule has 6 heteroatoms. The van der Waals surface area contributed by atoms with Crippen LogP contribution in [0.15, 0.2) is 33.5 Å². The Labute approximate surface area is 121 Å². The van der Waals surface area contributed by atoms with Gasteiger partial charge in [0, 0.05) is 28.9 Å². The van der Waals surface area contributed by atoms with E-state index >= 15 is 0 Å². The number of nitrogens with two attached hydrogens (primary N) is 1. The molecule has 2 N–H and O–H groups in total. The van der Waals surface area contributed by atoms with Crippen LogP contribution in [0.2, 0.25) is 0 Å². The fourth-order valence-corrected chi connectivity index (χ4v) is 3.15. The Morgan fingerprint density at radius 1 is 1.15 bits per heavy atom. The Hall–Kier alpha value is -1.56. The number of rotatable bonds is 3. The molecule has 5 nitrogen and oxygen atoms in total. The monoisotopic (exact) mass is 297 g/mol. The molecule has 1 atom stereocenters. The summed E-state index contributed by atoms with van der Waals surface area (Å²) in [6.07, 6.45) is 1.47. The highest BCUT2D eigenvalue weighted by Gasteiger charge is 2.21. The van der Waals surface area contributed by atoms with Crippen LogP contribution in [0, 0.1) is 0 Å². The van der Waals surface area contributed by atoms with Crippen molar-refractivity contribution in [1.82, 2.24) is 4.90 Å². The molecule has 0 aliphatic carbocycles. The van der Waals surface area contributed by atoms with E-state index in [0.717, 1.165) is 0 Å². The molecule has 0 unspecified atom stereocenters. The molecule has 0 spiro atoms. The maximum Gasteiger partial charge on any atom is 0.352 e. The summed E-state index contributed by atoms with van der Waals surface area (Å²) in [4.78, 5) is 14.4. The van der Waals surface area contributed by atoms with Gasteiger partial charge in [-0.15, -0.1) is 4.36 Å². The molecule has 0 aliphatic rings. The first-order valence-electron chi connectivity index (χ1n) is 6.55. The number of hydrogen-bond donors (Lipinski definition) is 1. The van der Waals surface area contributed by atoms with Crippen LogP contribution in [0.25, 0.3) is 0 Å². The maximum atomic E-state index is 12.6. The number of anilines is 1. The third kappa shape index (κ3) is 3.96. The van der Waals surface area contributed by atoms with Crippen molar-refractivity contribution in [2.24, 2.45) is 4.36 Å². The van der Waals surface area contributed by atoms with Crippen molar-refractivity contribution in [1.29, 1.82) is 0 Å². The van der Waals surface area contributed by atoms with Gasteiger partial charge in [-0.3, -0.25) is 0 Å². The summed E-state index contributed by atoms with van der Waals surface area (Å²) in [6.45, 7) is 7.64. The average molecular weight is 297 g/mol. The van der Waals surface area contributed by atoms with E-state index in [1.54, 1.807) is 29.2 Å². The minimum Gasteiger partial charge on any atom is -0.399 e. The Morgan fingerprint density at radius 3 is 2.00 bits per heavy atom. The van der Waals surface area contributed by atoms with E-state index in [4.69, 9.17) is 5.73 Å². The fraction of sp³-hybridized carbons (Fsp3) is 0.500. The summed E-state index contributed by atoms with van der Waals surface area (Å²) < 4.78 is 16.5. The van der Waals surface area contributed by atoms with Gasteiger partial charge in [0.1, 0.15) is 0 Å². The van der Waals surface area contributed by atoms with Crippen LogP contribution in [-0.4, -0.2) is 33.5 Å². The first-order valence-corrected chi connectivity index (χ1v) is 8.47. The van der Waals surface area contributed by atoms with Crippen LogP contribution in [0.3, 0.4) is 0 Å². The van der Waals surface area contributed by atoms with Crippen LogP contribution in [-0.2, 0) is 9.73 Å². The van der Waals surface area contributed by atoms with Crippen LogP contribution in [0.5, 0.6) is 0 Å². The van der Waals surface area contributed by atoms with Crippen LogP contribution in [0.1, 0.15) is 27.7 Å². The van der Waals surface area contributed by atoms with Gasteiger partial charge in [0.05, 0.1) is 9.73 Å². The highest BCUT2D eigenvalue weighted by atomic mass is 32.2. The first-order chi connectivity index (χ1) is 9.15. The molecule has 20 heavy (non-hydrogen) atoms. The first kappa shape index (κ1) is 16.5. The molecule has 0 aromatic heterocycles. The summed E-state index contributed by atoms with van der Waals surface area (Å²) in [5, 5.41) is 0. The minimum absolute atomic E-state index is 0.00729. The highest BCUT2D eigenvalue weighted by molar-refractivity contribution is 7.93. The van der Waals surface area contributed by atoms with Crippen molar-refractivity contribution in [3.05, 3.63) is 24.3 Å². The summed E-state index contributed by atoms with van der Waals surface area (Å²) >= 11 is 0. The lowest BCUT2D eigenvalue weighted by atomic mass is 10.2. The zero-order valence-electron chi connectivity index (χ0n) is 12.7. The number of carbonyl (C=O) groups excluding carboxylic acids is 1. The number of carbonyl (C=O) groups is 1. The van der Waals surface area contributed by atoms with Gasteiger partial charge in [0.15, 0.2) is 0 Å². The van der Waals surface area contributed by atoms with Crippen LogP contribution >= 0.6 is 0 Å². The van der Waals surface area contributed by atoms with E-state index in [1.807, 2.05) is 27.7 Å². The van der Waals surface area contributed by atoms with Gasteiger partial charge in [-0.25, -0.2) is 9.00 Å². The molecular weight excluding hydrogens is 274 g/mol. The molecule has 1 rings (SSSR count). The van der Waals surface area contributed by atoms with E-state index < -0.39 is 15.8 Å². The predicted molar refractivity (Wildman–Crippen MR) is 83.1 cm³/mol. The summed E-state index contributed by atoms with van der Waals surface area (Å²) in [5.74, 6) is 0. The number of hydrogen-bond acceptors (Lipinski definition) is 3. The van der Waals surface area contributed by atoms with Gasteiger partial charge in [-0.2, -0.15) is 0 Å². The van der Waals surface area contributed by atoms with Gasteiger partial charge in [-0.1, -0.05) is 0 Å². The third-order valence-electron chi connectivity index (χ3n) is 2.90. The standard InChI is InChI=1S/C14H23N3O2S/c1-10(2)17(11(3)4)14(18)16-20(5,19)13-8-6-12(15)7-9-13/h6-11H,15H2,1-5H3/t20-/m0/s1. The zero-order valence-corrected chi connectivity index (χ0v) is 13.5. The molecule has 0 aliphatic heterocycles. The number of urea groups is 1. The van der Waals surface area contributed by atoms with Crippen molar-refractivity contribution >= 4 is 21.4 Å². The summed E-state index contributed by atoms with van der Waals surface area (Å²) in [5.41, 5.74) is 6.18. The van der Waals surface area contributed by atoms with Crippen LogP contribution < -0.4 is 5.73 Å². The number of amides is 2. The number of benzene rings is 1. The summed E-state index contributed by atoms with van der Waals surface area (Å²) in [7, 11) is -2.76. The quantitative estimate of drug-likeness (QED) is 0.871. The van der Waals surface area contributed by atoms with Crippen molar-refractivity contribution in [3.63, 3.8) is 0 Å². The molecular formula is C14H23N3O2S. The molecule has 0 saturated heterocycles. The van der Waals surface area contributed by atoms with E-state index in [0.29, 0.717) is 10.6 Å². The zero-order chi connectivity index (χ0) is 15.5. The normalized spacial score (nSPS) is 14.2. The Kier molecular flexibility index (Phi) is 5.16. The van der Waals surface area contributed by atoms with Crippen molar-refractivity contribution < 1.29 is 9.00 Å². The Balaban J connectivity index is 3.16. The van der Waals surface area contributed by atoms with Crippen molar-refractivity contribution in [2.75, 3.05) is 12.0 Å². The second-order valence-corrected chi connectivity index (χ2v) is 7.60. The fourth-order valence-electron chi connectivity index (χ4n) is 2.01. The SMILES string of the molecule is CC(C)N(C(=O)N=[S@@](C)(=O)c1ccc(N)cc1)C(C)C. The average Bonchev–Trinajstić information content (AvgIpc) is 2.27. The Morgan fingerprint density at radius 2 is 1.60 bits per heavy atom. The molecule has 1 aromatic carbocycles. The molecule has 0 heterocycles. The topological polar surface area (TPSA) is 75.8 Å². The molecule has 0 radical (unpaired) electrons. The van der Waals surface area contributed by atoms with Gasteiger partial charge >= 0.3 is 6.03 Å². The lowest BCUT2D eigenvalue weighted by Crippen LogP contribution is -2.40. The lowest BCUT2D eigenvalue weighted by molar-refractivity contribution is 0.175. The molecule has 112 valence electrons. The van der Waals surface area contributed by atoms with Gasteiger partial charge in [0.25, 0.3) is 0 Å². The predicted octanol–water partition coefficient (Wildman–Crippen LogP) is 2.96. The maximum absolute atomic E-state index is 12.6. The van der Waals surface area contributed by atoms with Crippen molar-refractivity contribution in [3.8, 4) is 0 Å². The third-order valence-corrected chi connectivity index (χ3v) is 4.55. The number of nitrogen functional groups attached to an aromatic ring is 1. The minimum atomic E-state index is -2.76.